The topological polar surface area (TPSA) is 29.3 Å². The summed E-state index contributed by atoms with van der Waals surface area (Å²) in [5.74, 6) is 6.12. The van der Waals surface area contributed by atoms with E-state index in [1.165, 1.54) is 12.1 Å². The van der Waals surface area contributed by atoms with Crippen LogP contribution >= 0.6 is 0 Å². The van der Waals surface area contributed by atoms with Crippen molar-refractivity contribution in [3.8, 4) is 11.8 Å². The molecule has 0 atom stereocenters. The molecule has 0 aliphatic carbocycles. The maximum atomic E-state index is 13.4. The maximum absolute atomic E-state index is 13.4. The zero-order chi connectivity index (χ0) is 15.1. The van der Waals surface area contributed by atoms with Gasteiger partial charge in [-0.15, -0.1) is 0 Å². The molecule has 0 bridgehead atoms. The lowest BCUT2D eigenvalue weighted by molar-refractivity contribution is 0.189. The number of hydrogen-bond acceptors (Lipinski definition) is 2. The van der Waals surface area contributed by atoms with Crippen molar-refractivity contribution >= 4 is 0 Å². The maximum Gasteiger partial charge on any atom is 0.124 e. The first-order chi connectivity index (χ1) is 9.43. The summed E-state index contributed by atoms with van der Waals surface area (Å²) in [5.41, 5.74) is 7.20. The van der Waals surface area contributed by atoms with Crippen LogP contribution in [-0.4, -0.2) is 24.0 Å². The van der Waals surface area contributed by atoms with Crippen LogP contribution in [0.5, 0.6) is 0 Å². The third-order valence-electron chi connectivity index (χ3n) is 3.10. The van der Waals surface area contributed by atoms with Crippen LogP contribution in [0.15, 0.2) is 18.2 Å². The Morgan fingerprint density at radius 3 is 2.50 bits per heavy atom. The molecule has 2 nitrogen and oxygen atoms in total. The molecule has 1 aromatic rings. The van der Waals surface area contributed by atoms with Gasteiger partial charge in [0.05, 0.1) is 6.54 Å². The fourth-order valence-electron chi connectivity index (χ4n) is 2.09. The Labute approximate surface area is 122 Å². The second-order valence-corrected chi connectivity index (χ2v) is 5.72. The van der Waals surface area contributed by atoms with Crippen molar-refractivity contribution in [2.24, 2.45) is 11.7 Å². The number of nitrogens with zero attached hydrogens (tertiary/aromatic N) is 1. The van der Waals surface area contributed by atoms with Crippen LogP contribution in [-0.2, 0) is 6.54 Å². The summed E-state index contributed by atoms with van der Waals surface area (Å²) in [4.78, 5) is 2.38. The molecule has 3 heteroatoms. The molecule has 1 aromatic carbocycles. The predicted octanol–water partition coefficient (Wildman–Crippen LogP) is 3.00. The molecule has 2 N–H and O–H groups in total. The van der Waals surface area contributed by atoms with Gasteiger partial charge in [0.2, 0.25) is 0 Å². The summed E-state index contributed by atoms with van der Waals surface area (Å²) in [5, 5.41) is 0. The van der Waals surface area contributed by atoms with Crippen LogP contribution in [0.4, 0.5) is 4.39 Å². The van der Waals surface area contributed by atoms with Crippen molar-refractivity contribution in [1.82, 2.24) is 4.90 Å². The molecule has 0 saturated carbocycles. The number of nitrogens with two attached hydrogens (primary N) is 1. The van der Waals surface area contributed by atoms with E-state index in [0.29, 0.717) is 12.0 Å². The van der Waals surface area contributed by atoms with Crippen LogP contribution < -0.4 is 5.73 Å². The lowest BCUT2D eigenvalue weighted by Gasteiger charge is -2.28. The number of hydrogen-bond donors (Lipinski definition) is 1. The van der Waals surface area contributed by atoms with Gasteiger partial charge >= 0.3 is 0 Å². The standard InChI is InChI=1S/C17H25FN2/c1-13(2)11-20(14(3)4)12-16-7-8-17(18)10-15(16)6-5-9-19/h7-8,10,13-14H,9,11-12,19H2,1-4H3. The lowest BCUT2D eigenvalue weighted by Crippen LogP contribution is -2.33. The monoisotopic (exact) mass is 276 g/mol. The molecule has 0 radical (unpaired) electrons. The van der Waals surface area contributed by atoms with E-state index in [2.05, 4.69) is 44.4 Å². The van der Waals surface area contributed by atoms with Crippen molar-refractivity contribution in [2.45, 2.75) is 40.3 Å². The van der Waals surface area contributed by atoms with E-state index in [-0.39, 0.29) is 12.4 Å². The first kappa shape index (κ1) is 16.7. The van der Waals surface area contributed by atoms with E-state index in [1.54, 1.807) is 0 Å². The molecule has 0 amide bonds. The average molecular weight is 276 g/mol. The minimum absolute atomic E-state index is 0.255. The Morgan fingerprint density at radius 1 is 1.25 bits per heavy atom. The molecule has 0 heterocycles. The first-order valence-corrected chi connectivity index (χ1v) is 7.15. The first-order valence-electron chi connectivity index (χ1n) is 7.15. The summed E-state index contributed by atoms with van der Waals surface area (Å²) < 4.78 is 13.4. The SMILES string of the molecule is CC(C)CN(Cc1ccc(F)cc1C#CCN)C(C)C. The molecule has 0 unspecified atom stereocenters. The normalized spacial score (nSPS) is 11.1. The second-order valence-electron chi connectivity index (χ2n) is 5.72. The zero-order valence-corrected chi connectivity index (χ0v) is 12.9. The van der Waals surface area contributed by atoms with Gasteiger partial charge < -0.3 is 5.73 Å². The summed E-state index contributed by atoms with van der Waals surface area (Å²) >= 11 is 0. The third-order valence-corrected chi connectivity index (χ3v) is 3.10. The second kappa shape index (κ2) is 8.04. The average Bonchev–Trinajstić information content (AvgIpc) is 2.37. The van der Waals surface area contributed by atoms with Crippen LogP contribution in [0.1, 0.15) is 38.8 Å². The zero-order valence-electron chi connectivity index (χ0n) is 12.9. The summed E-state index contributed by atoms with van der Waals surface area (Å²) in [7, 11) is 0. The van der Waals surface area contributed by atoms with E-state index in [0.717, 1.165) is 24.2 Å². The fraction of sp³-hybridized carbons (Fsp3) is 0.529. The lowest BCUT2D eigenvalue weighted by atomic mass is 10.1. The summed E-state index contributed by atoms with van der Waals surface area (Å²) in [6, 6.07) is 5.26. The van der Waals surface area contributed by atoms with Gasteiger partial charge in [0.25, 0.3) is 0 Å². The minimum atomic E-state index is -0.255. The summed E-state index contributed by atoms with van der Waals surface area (Å²) in [6.45, 7) is 10.8. The Balaban J connectivity index is 2.99. The van der Waals surface area contributed by atoms with E-state index < -0.39 is 0 Å². The van der Waals surface area contributed by atoms with E-state index >= 15 is 0 Å². The molecule has 0 saturated heterocycles. The quantitative estimate of drug-likeness (QED) is 0.838. The molecule has 0 aliphatic heterocycles. The smallest absolute Gasteiger partial charge is 0.124 e. The van der Waals surface area contributed by atoms with Gasteiger partial charge in [-0.1, -0.05) is 31.8 Å². The molecular weight excluding hydrogens is 251 g/mol. The number of benzene rings is 1. The van der Waals surface area contributed by atoms with E-state index in [1.807, 2.05) is 6.07 Å². The third kappa shape index (κ3) is 5.32. The molecular formula is C17H25FN2. The molecule has 20 heavy (non-hydrogen) atoms. The Bertz CT molecular complexity index is 483. The number of halogens is 1. The van der Waals surface area contributed by atoms with Crippen LogP contribution in [0.25, 0.3) is 0 Å². The van der Waals surface area contributed by atoms with Crippen LogP contribution in [0.3, 0.4) is 0 Å². The fourth-order valence-corrected chi connectivity index (χ4v) is 2.09. The van der Waals surface area contributed by atoms with Gasteiger partial charge in [-0.05, 0) is 37.5 Å². The van der Waals surface area contributed by atoms with Crippen LogP contribution in [0, 0.1) is 23.6 Å². The van der Waals surface area contributed by atoms with Gasteiger partial charge in [-0.3, -0.25) is 4.90 Å². The molecule has 110 valence electrons. The van der Waals surface area contributed by atoms with Gasteiger partial charge in [-0.25, -0.2) is 4.39 Å². The molecule has 1 rings (SSSR count). The Kier molecular flexibility index (Phi) is 6.70. The van der Waals surface area contributed by atoms with Crippen molar-refractivity contribution in [3.05, 3.63) is 35.1 Å². The van der Waals surface area contributed by atoms with Gasteiger partial charge in [0.1, 0.15) is 5.82 Å². The van der Waals surface area contributed by atoms with Gasteiger partial charge in [0.15, 0.2) is 0 Å². The van der Waals surface area contributed by atoms with E-state index in [9.17, 15) is 4.39 Å². The van der Waals surface area contributed by atoms with Crippen LogP contribution in [0.2, 0.25) is 0 Å². The van der Waals surface area contributed by atoms with Crippen molar-refractivity contribution in [3.63, 3.8) is 0 Å². The Hall–Kier alpha value is -1.37. The molecule has 0 fully saturated rings. The van der Waals surface area contributed by atoms with Crippen molar-refractivity contribution < 1.29 is 4.39 Å². The highest BCUT2D eigenvalue weighted by Crippen LogP contribution is 2.16. The largest absolute Gasteiger partial charge is 0.320 e. The van der Waals surface area contributed by atoms with Gasteiger partial charge in [0, 0.05) is 24.7 Å². The highest BCUT2D eigenvalue weighted by molar-refractivity contribution is 5.42. The van der Waals surface area contributed by atoms with Crippen molar-refractivity contribution in [2.75, 3.05) is 13.1 Å². The van der Waals surface area contributed by atoms with Crippen molar-refractivity contribution in [1.29, 1.82) is 0 Å². The number of rotatable bonds is 5. The highest BCUT2D eigenvalue weighted by Gasteiger charge is 2.13. The summed E-state index contributed by atoms with van der Waals surface area (Å²) in [6.07, 6.45) is 0. The predicted molar refractivity (Wildman–Crippen MR) is 82.7 cm³/mol. The Morgan fingerprint density at radius 2 is 1.95 bits per heavy atom. The molecule has 0 spiro atoms. The van der Waals surface area contributed by atoms with E-state index in [4.69, 9.17) is 5.73 Å². The van der Waals surface area contributed by atoms with Gasteiger partial charge in [-0.2, -0.15) is 0 Å². The highest BCUT2D eigenvalue weighted by atomic mass is 19.1. The molecule has 0 aromatic heterocycles. The molecule has 0 aliphatic rings. The minimum Gasteiger partial charge on any atom is -0.320 e.